The number of carbonyl (C=O) groups is 2. The second kappa shape index (κ2) is 69.1. The maximum absolute atomic E-state index is 12.5. The van der Waals surface area contributed by atoms with Crippen molar-refractivity contribution in [1.29, 1.82) is 0 Å². The zero-order valence-corrected chi connectivity index (χ0v) is 53.9. The van der Waals surface area contributed by atoms with E-state index < -0.39 is 12.1 Å². The molecule has 0 saturated carbocycles. The molecule has 0 aliphatic rings. The Balaban J connectivity index is 3.37. The number of rotatable bonds is 69. The summed E-state index contributed by atoms with van der Waals surface area (Å²) >= 11 is 0. The predicted octanol–water partition coefficient (Wildman–Crippen LogP) is 23.5. The highest BCUT2D eigenvalue weighted by molar-refractivity contribution is 5.76. The number of amides is 1. The summed E-state index contributed by atoms with van der Waals surface area (Å²) in [5.41, 5.74) is 0. The minimum absolute atomic E-state index is 0.0190. The van der Waals surface area contributed by atoms with E-state index in [0.29, 0.717) is 25.9 Å². The van der Waals surface area contributed by atoms with Gasteiger partial charge >= 0.3 is 5.97 Å². The van der Waals surface area contributed by atoms with Crippen LogP contribution in [0.3, 0.4) is 0 Å². The zero-order valence-electron chi connectivity index (χ0n) is 53.9. The molecule has 6 nitrogen and oxygen atoms in total. The molecule has 0 rings (SSSR count). The summed E-state index contributed by atoms with van der Waals surface area (Å²) in [5.74, 6) is -0.0130. The molecular weight excluding hydrogens is 971 g/mol. The van der Waals surface area contributed by atoms with Crippen molar-refractivity contribution in [2.75, 3.05) is 13.2 Å². The maximum Gasteiger partial charge on any atom is 0.305 e. The number of hydrogen-bond acceptors (Lipinski definition) is 5. The Kier molecular flexibility index (Phi) is 67.9. The first-order chi connectivity index (χ1) is 39.0. The monoisotopic (exact) mass is 1110 g/mol. The quantitative estimate of drug-likeness (QED) is 0.0320. The number of esters is 1. The molecule has 0 aromatic rings. The first-order valence-electron chi connectivity index (χ1n) is 36.4. The van der Waals surface area contributed by atoms with Crippen LogP contribution in [0.2, 0.25) is 0 Å². The fourth-order valence-electron chi connectivity index (χ4n) is 11.8. The molecule has 3 N–H and O–H groups in total. The van der Waals surface area contributed by atoms with Gasteiger partial charge in [0.2, 0.25) is 5.91 Å². The Bertz CT molecular complexity index is 1190. The molecule has 0 saturated heterocycles. The number of ether oxygens (including phenoxy) is 1. The Labute approximate surface area is 495 Å². The van der Waals surface area contributed by atoms with Crippen molar-refractivity contribution in [1.82, 2.24) is 5.32 Å². The molecule has 0 radical (unpaired) electrons. The van der Waals surface area contributed by atoms with Crippen LogP contribution in [0, 0.1) is 0 Å². The van der Waals surface area contributed by atoms with E-state index in [1.165, 1.54) is 347 Å². The molecule has 0 bridgehead atoms. The molecule has 79 heavy (non-hydrogen) atoms. The van der Waals surface area contributed by atoms with Crippen molar-refractivity contribution < 1.29 is 24.5 Å². The molecule has 0 aliphatic carbocycles. The van der Waals surface area contributed by atoms with Gasteiger partial charge in [-0.3, -0.25) is 9.59 Å². The second-order valence-corrected chi connectivity index (χ2v) is 25.3. The van der Waals surface area contributed by atoms with Gasteiger partial charge in [-0.2, -0.15) is 0 Å². The molecule has 0 fully saturated rings. The topological polar surface area (TPSA) is 95.9 Å². The molecule has 0 heterocycles. The minimum atomic E-state index is -0.666. The number of allylic oxidation sites excluding steroid dienone is 2. The summed E-state index contributed by atoms with van der Waals surface area (Å²) in [7, 11) is 0. The van der Waals surface area contributed by atoms with E-state index >= 15 is 0 Å². The first-order valence-corrected chi connectivity index (χ1v) is 36.4. The van der Waals surface area contributed by atoms with Crippen LogP contribution in [0.25, 0.3) is 0 Å². The van der Waals surface area contributed by atoms with Crippen molar-refractivity contribution in [3.8, 4) is 0 Å². The summed E-state index contributed by atoms with van der Waals surface area (Å²) in [4.78, 5) is 24.6. The molecule has 6 heteroatoms. The van der Waals surface area contributed by atoms with Crippen LogP contribution in [-0.2, 0) is 14.3 Å². The van der Waals surface area contributed by atoms with Gasteiger partial charge in [-0.05, 0) is 51.4 Å². The van der Waals surface area contributed by atoms with E-state index in [1.807, 2.05) is 0 Å². The van der Waals surface area contributed by atoms with Gasteiger partial charge in [0.05, 0.1) is 25.4 Å². The third kappa shape index (κ3) is 65.6. The average molecular weight is 1110 g/mol. The van der Waals surface area contributed by atoms with Crippen LogP contribution >= 0.6 is 0 Å². The number of aliphatic hydroxyl groups excluding tert-OH is 2. The van der Waals surface area contributed by atoms with E-state index in [9.17, 15) is 19.8 Å². The fourth-order valence-corrected chi connectivity index (χ4v) is 11.8. The normalized spacial score (nSPS) is 12.5. The molecule has 0 aromatic heterocycles. The minimum Gasteiger partial charge on any atom is -0.466 e. The van der Waals surface area contributed by atoms with E-state index in [-0.39, 0.29) is 18.5 Å². The van der Waals surface area contributed by atoms with Crippen molar-refractivity contribution >= 4 is 11.9 Å². The van der Waals surface area contributed by atoms with Crippen LogP contribution in [-0.4, -0.2) is 47.4 Å². The lowest BCUT2D eigenvalue weighted by Crippen LogP contribution is -2.45. The number of nitrogens with one attached hydrogen (secondary N) is 1. The third-order valence-electron chi connectivity index (χ3n) is 17.3. The highest BCUT2D eigenvalue weighted by Gasteiger charge is 2.20. The van der Waals surface area contributed by atoms with Crippen LogP contribution in [0.5, 0.6) is 0 Å². The van der Waals surface area contributed by atoms with Crippen LogP contribution in [0.1, 0.15) is 418 Å². The molecule has 470 valence electrons. The summed E-state index contributed by atoms with van der Waals surface area (Å²) in [6, 6.07) is -0.543. The SMILES string of the molecule is CCCCCCCCCCCCCCCCCCCCCCC(O)C(CO)NC(=O)CCCCCCCCCCCC/C=C\CCCCCCCCCCCCCCOC(=O)CCCCCCCCCCCCCCCCCC. The summed E-state index contributed by atoms with van der Waals surface area (Å²) in [5, 5.41) is 23.4. The second-order valence-electron chi connectivity index (χ2n) is 25.3. The largest absolute Gasteiger partial charge is 0.466 e. The van der Waals surface area contributed by atoms with Gasteiger partial charge in [0.25, 0.3) is 0 Å². The highest BCUT2D eigenvalue weighted by atomic mass is 16.5. The Morgan fingerprint density at radius 1 is 0.342 bits per heavy atom. The van der Waals surface area contributed by atoms with E-state index in [4.69, 9.17) is 4.74 Å². The molecule has 2 unspecified atom stereocenters. The van der Waals surface area contributed by atoms with Gasteiger partial charge in [-0.15, -0.1) is 0 Å². The van der Waals surface area contributed by atoms with Crippen LogP contribution < -0.4 is 5.32 Å². The molecule has 0 aliphatic heterocycles. The van der Waals surface area contributed by atoms with Gasteiger partial charge in [-0.1, -0.05) is 366 Å². The van der Waals surface area contributed by atoms with Gasteiger partial charge in [0.1, 0.15) is 0 Å². The van der Waals surface area contributed by atoms with Gasteiger partial charge < -0.3 is 20.3 Å². The van der Waals surface area contributed by atoms with Gasteiger partial charge in [0, 0.05) is 12.8 Å². The van der Waals surface area contributed by atoms with Gasteiger partial charge in [-0.25, -0.2) is 0 Å². The Morgan fingerprint density at radius 2 is 0.595 bits per heavy atom. The predicted molar refractivity (Wildman–Crippen MR) is 347 cm³/mol. The van der Waals surface area contributed by atoms with E-state index in [2.05, 4.69) is 31.3 Å². The van der Waals surface area contributed by atoms with Crippen molar-refractivity contribution in [3.05, 3.63) is 12.2 Å². The summed E-state index contributed by atoms with van der Waals surface area (Å²) in [6.07, 6.45) is 85.5. The lowest BCUT2D eigenvalue weighted by Gasteiger charge is -2.22. The standard InChI is InChI=1S/C73H143NO5/c1-3-5-7-9-11-13-15-17-19-21-22-31-34-37-41-45-49-53-57-61-65-71(76)70(69-75)74-72(77)66-62-58-54-50-46-42-38-35-32-29-27-25-23-24-26-28-30-33-36-40-44-48-52-56-60-64-68-79-73(78)67-63-59-55-51-47-43-39-20-18-16-14-12-10-8-6-4-2/h23,25,70-71,75-76H,3-22,24,26-69H2,1-2H3,(H,74,77)/b25-23-. The van der Waals surface area contributed by atoms with Crippen molar-refractivity contribution in [2.24, 2.45) is 0 Å². The molecule has 2 atom stereocenters. The first kappa shape index (κ1) is 77.6. The number of unbranched alkanes of at least 4 members (excludes halogenated alkanes) is 56. The van der Waals surface area contributed by atoms with E-state index in [0.717, 1.165) is 38.5 Å². The number of aliphatic hydroxyl groups is 2. The third-order valence-corrected chi connectivity index (χ3v) is 17.3. The molecule has 0 spiro atoms. The number of hydrogen-bond donors (Lipinski definition) is 3. The fraction of sp³-hybridized carbons (Fsp3) is 0.945. The average Bonchev–Trinajstić information content (AvgIpc) is 3.45. The lowest BCUT2D eigenvalue weighted by atomic mass is 10.0. The van der Waals surface area contributed by atoms with Crippen LogP contribution in [0.15, 0.2) is 12.2 Å². The Hall–Kier alpha value is -1.40. The smallest absolute Gasteiger partial charge is 0.305 e. The molecule has 0 aromatic carbocycles. The van der Waals surface area contributed by atoms with Gasteiger partial charge in [0.15, 0.2) is 0 Å². The number of carbonyl (C=O) groups excluding carboxylic acids is 2. The molecular formula is C73H143NO5. The van der Waals surface area contributed by atoms with E-state index in [1.54, 1.807) is 0 Å². The molecule has 1 amide bonds. The van der Waals surface area contributed by atoms with Crippen LogP contribution in [0.4, 0.5) is 0 Å². The maximum atomic E-state index is 12.5. The highest BCUT2D eigenvalue weighted by Crippen LogP contribution is 2.19. The zero-order chi connectivity index (χ0) is 57.1. The van der Waals surface area contributed by atoms with Crippen molar-refractivity contribution in [2.45, 2.75) is 431 Å². The summed E-state index contributed by atoms with van der Waals surface area (Å²) < 4.78 is 5.50. The lowest BCUT2D eigenvalue weighted by molar-refractivity contribution is -0.143. The summed E-state index contributed by atoms with van der Waals surface area (Å²) in [6.45, 7) is 5.00. The Morgan fingerprint density at radius 3 is 0.899 bits per heavy atom. The van der Waals surface area contributed by atoms with Crippen molar-refractivity contribution in [3.63, 3.8) is 0 Å².